The second kappa shape index (κ2) is 11.5. The van der Waals surface area contributed by atoms with Crippen molar-refractivity contribution in [1.29, 1.82) is 0 Å². The zero-order valence-electron chi connectivity index (χ0n) is 19.7. The van der Waals surface area contributed by atoms with Crippen LogP contribution in [0.2, 0.25) is 5.02 Å². The van der Waals surface area contributed by atoms with E-state index < -0.39 is 28.5 Å². The summed E-state index contributed by atoms with van der Waals surface area (Å²) < 4.78 is 26.0. The molecular weight excluding hydrogens is 462 g/mol. The molecular formula is C24H32ClN3O4S. The van der Waals surface area contributed by atoms with Gasteiger partial charge in [-0.25, -0.2) is 8.42 Å². The predicted molar refractivity (Wildman–Crippen MR) is 133 cm³/mol. The van der Waals surface area contributed by atoms with Crippen LogP contribution in [0, 0.1) is 12.8 Å². The molecule has 2 rings (SSSR count). The molecule has 0 saturated heterocycles. The van der Waals surface area contributed by atoms with E-state index in [-0.39, 0.29) is 18.4 Å². The molecule has 0 bridgehead atoms. The highest BCUT2D eigenvalue weighted by Gasteiger charge is 2.30. The summed E-state index contributed by atoms with van der Waals surface area (Å²) >= 11 is 5.93. The number of rotatable bonds is 10. The highest BCUT2D eigenvalue weighted by Crippen LogP contribution is 2.21. The molecule has 0 spiro atoms. The third-order valence-corrected chi connectivity index (χ3v) is 6.51. The normalized spacial score (nSPS) is 12.3. The van der Waals surface area contributed by atoms with Gasteiger partial charge < -0.3 is 10.2 Å². The van der Waals surface area contributed by atoms with Gasteiger partial charge in [-0.2, -0.15) is 0 Å². The number of anilines is 1. The summed E-state index contributed by atoms with van der Waals surface area (Å²) in [7, 11) is -3.76. The number of sulfonamides is 1. The van der Waals surface area contributed by atoms with Gasteiger partial charge in [0.2, 0.25) is 21.8 Å². The Balaban J connectivity index is 2.34. The third kappa shape index (κ3) is 8.05. The number of hydrogen-bond donors (Lipinski definition) is 1. The largest absolute Gasteiger partial charge is 0.354 e. The minimum absolute atomic E-state index is 0.174. The molecule has 0 unspecified atom stereocenters. The number of halogens is 1. The average Bonchev–Trinajstić information content (AvgIpc) is 2.74. The van der Waals surface area contributed by atoms with Crippen LogP contribution in [0.5, 0.6) is 0 Å². The average molecular weight is 494 g/mol. The predicted octanol–water partition coefficient (Wildman–Crippen LogP) is 3.60. The van der Waals surface area contributed by atoms with E-state index in [4.69, 9.17) is 11.6 Å². The van der Waals surface area contributed by atoms with Crippen LogP contribution in [0.3, 0.4) is 0 Å². The van der Waals surface area contributed by atoms with E-state index in [9.17, 15) is 18.0 Å². The fourth-order valence-corrected chi connectivity index (χ4v) is 4.12. The minimum atomic E-state index is -3.76. The van der Waals surface area contributed by atoms with Gasteiger partial charge in [-0.3, -0.25) is 13.9 Å². The molecule has 9 heteroatoms. The number of carbonyl (C=O) groups excluding carboxylic acids is 2. The van der Waals surface area contributed by atoms with Crippen molar-refractivity contribution in [3.63, 3.8) is 0 Å². The van der Waals surface area contributed by atoms with Gasteiger partial charge in [0.15, 0.2) is 0 Å². The van der Waals surface area contributed by atoms with Crippen molar-refractivity contribution < 1.29 is 18.0 Å². The Kier molecular flexibility index (Phi) is 9.31. The summed E-state index contributed by atoms with van der Waals surface area (Å²) in [6.07, 6.45) is 1.04. The fraction of sp³-hybridized carbons (Fsp3) is 0.417. The van der Waals surface area contributed by atoms with E-state index >= 15 is 0 Å². The summed E-state index contributed by atoms with van der Waals surface area (Å²) in [5.41, 5.74) is 2.24. The number of nitrogens with one attached hydrogen (secondary N) is 1. The van der Waals surface area contributed by atoms with Crippen molar-refractivity contribution in [3.8, 4) is 0 Å². The molecule has 2 aromatic carbocycles. The SMILES string of the molecule is Cc1ccc(CN(C(=O)CN(c2ccc(Cl)cc2)S(C)(=O)=O)[C@@H](C)C(=O)NCC(C)C)cc1. The molecule has 0 saturated carbocycles. The standard InChI is InChI=1S/C24H32ClN3O4S/c1-17(2)14-26-24(30)19(4)27(15-20-8-6-18(3)7-9-20)23(29)16-28(33(5,31)32)22-12-10-21(25)11-13-22/h6-13,17,19H,14-16H2,1-5H3,(H,26,30)/t19-/m0/s1. The van der Waals surface area contributed by atoms with Crippen molar-refractivity contribution in [1.82, 2.24) is 10.2 Å². The van der Waals surface area contributed by atoms with Crippen LogP contribution in [-0.2, 0) is 26.2 Å². The molecule has 0 heterocycles. The molecule has 0 fully saturated rings. The van der Waals surface area contributed by atoms with Crippen molar-refractivity contribution in [3.05, 3.63) is 64.7 Å². The summed E-state index contributed by atoms with van der Waals surface area (Å²) in [6.45, 7) is 7.80. The number of hydrogen-bond acceptors (Lipinski definition) is 4. The minimum Gasteiger partial charge on any atom is -0.354 e. The lowest BCUT2D eigenvalue weighted by Gasteiger charge is -2.31. The van der Waals surface area contributed by atoms with E-state index in [2.05, 4.69) is 5.32 Å². The van der Waals surface area contributed by atoms with Crippen molar-refractivity contribution in [2.75, 3.05) is 23.7 Å². The van der Waals surface area contributed by atoms with Crippen molar-refractivity contribution >= 4 is 39.1 Å². The maximum Gasteiger partial charge on any atom is 0.244 e. The lowest BCUT2D eigenvalue weighted by molar-refractivity contribution is -0.139. The Hall–Kier alpha value is -2.58. The number of aryl methyl sites for hydroxylation is 1. The Labute approximate surface area is 201 Å². The summed E-state index contributed by atoms with van der Waals surface area (Å²) in [5, 5.41) is 3.31. The first kappa shape index (κ1) is 26.7. The maximum absolute atomic E-state index is 13.4. The Bertz CT molecular complexity index is 1050. The van der Waals surface area contributed by atoms with Gasteiger partial charge >= 0.3 is 0 Å². The van der Waals surface area contributed by atoms with Crippen LogP contribution in [0.25, 0.3) is 0 Å². The van der Waals surface area contributed by atoms with E-state index in [1.807, 2.05) is 45.0 Å². The van der Waals surface area contributed by atoms with Crippen molar-refractivity contribution in [2.45, 2.75) is 40.3 Å². The molecule has 180 valence electrons. The Morgan fingerprint density at radius 3 is 2.09 bits per heavy atom. The molecule has 0 aliphatic carbocycles. The highest BCUT2D eigenvalue weighted by molar-refractivity contribution is 7.92. The summed E-state index contributed by atoms with van der Waals surface area (Å²) in [5.74, 6) is -0.516. The monoisotopic (exact) mass is 493 g/mol. The molecule has 7 nitrogen and oxygen atoms in total. The molecule has 0 aromatic heterocycles. The van der Waals surface area contributed by atoms with Crippen LogP contribution in [-0.4, -0.2) is 50.5 Å². The fourth-order valence-electron chi connectivity index (χ4n) is 3.15. The lowest BCUT2D eigenvalue weighted by Crippen LogP contribution is -2.51. The van der Waals surface area contributed by atoms with Gasteiger partial charge in [0.05, 0.1) is 11.9 Å². The topological polar surface area (TPSA) is 86.8 Å². The van der Waals surface area contributed by atoms with Crippen LogP contribution < -0.4 is 9.62 Å². The van der Waals surface area contributed by atoms with Gasteiger partial charge in [0.1, 0.15) is 12.6 Å². The summed E-state index contributed by atoms with van der Waals surface area (Å²) in [6, 6.07) is 13.1. The summed E-state index contributed by atoms with van der Waals surface area (Å²) in [4.78, 5) is 27.6. The molecule has 0 aliphatic rings. The second-order valence-corrected chi connectivity index (χ2v) is 10.9. The number of benzene rings is 2. The zero-order valence-corrected chi connectivity index (χ0v) is 21.3. The first-order valence-electron chi connectivity index (χ1n) is 10.7. The van der Waals surface area contributed by atoms with Crippen molar-refractivity contribution in [2.24, 2.45) is 5.92 Å². The zero-order chi connectivity index (χ0) is 24.8. The quantitative estimate of drug-likeness (QED) is 0.547. The van der Waals surface area contributed by atoms with Crippen LogP contribution >= 0.6 is 11.6 Å². The first-order chi connectivity index (χ1) is 15.4. The smallest absolute Gasteiger partial charge is 0.244 e. The molecule has 33 heavy (non-hydrogen) atoms. The van der Waals surface area contributed by atoms with Gasteiger partial charge in [0, 0.05) is 18.1 Å². The van der Waals surface area contributed by atoms with E-state index in [0.29, 0.717) is 17.3 Å². The lowest BCUT2D eigenvalue weighted by atomic mass is 10.1. The second-order valence-electron chi connectivity index (χ2n) is 8.57. The maximum atomic E-state index is 13.4. The van der Waals surface area contributed by atoms with Crippen LogP contribution in [0.4, 0.5) is 5.69 Å². The number of carbonyl (C=O) groups is 2. The molecule has 1 atom stereocenters. The molecule has 0 radical (unpaired) electrons. The number of amides is 2. The Morgan fingerprint density at radius 2 is 1.58 bits per heavy atom. The molecule has 0 aliphatic heterocycles. The van der Waals surface area contributed by atoms with E-state index in [1.165, 1.54) is 4.90 Å². The van der Waals surface area contributed by atoms with Crippen LogP contribution in [0.15, 0.2) is 48.5 Å². The number of nitrogens with zero attached hydrogens (tertiary/aromatic N) is 2. The van der Waals surface area contributed by atoms with Crippen LogP contribution in [0.1, 0.15) is 31.9 Å². The molecule has 2 aromatic rings. The van der Waals surface area contributed by atoms with E-state index in [0.717, 1.165) is 21.7 Å². The molecule has 1 N–H and O–H groups in total. The highest BCUT2D eigenvalue weighted by atomic mass is 35.5. The van der Waals surface area contributed by atoms with E-state index in [1.54, 1.807) is 31.2 Å². The Morgan fingerprint density at radius 1 is 1.00 bits per heavy atom. The molecule has 2 amide bonds. The van der Waals surface area contributed by atoms with Gasteiger partial charge in [-0.15, -0.1) is 0 Å². The van der Waals surface area contributed by atoms with Gasteiger partial charge in [-0.05, 0) is 49.6 Å². The van der Waals surface area contributed by atoms with Gasteiger partial charge in [0.25, 0.3) is 0 Å². The third-order valence-electron chi connectivity index (χ3n) is 5.12. The van der Waals surface area contributed by atoms with Gasteiger partial charge in [-0.1, -0.05) is 55.3 Å². The first-order valence-corrected chi connectivity index (χ1v) is 13.0.